The second-order valence-corrected chi connectivity index (χ2v) is 8.55. The highest BCUT2D eigenvalue weighted by Crippen LogP contribution is 2.37. The second-order valence-electron chi connectivity index (χ2n) is 5.38. The third kappa shape index (κ3) is 2.61. The summed E-state index contributed by atoms with van der Waals surface area (Å²) in [6.45, 7) is 3.79. The maximum Gasteiger partial charge on any atom is 0.275 e. The fourth-order valence-corrected chi connectivity index (χ4v) is 4.84. The summed E-state index contributed by atoms with van der Waals surface area (Å²) in [5, 5.41) is 3.15. The molecule has 1 amide bonds. The van der Waals surface area contributed by atoms with Crippen molar-refractivity contribution in [3.8, 4) is 0 Å². The van der Waals surface area contributed by atoms with Crippen LogP contribution in [0.3, 0.4) is 0 Å². The zero-order valence-electron chi connectivity index (χ0n) is 13.5. The van der Waals surface area contributed by atoms with Crippen LogP contribution in [0.25, 0.3) is 5.57 Å². The van der Waals surface area contributed by atoms with Crippen molar-refractivity contribution < 1.29 is 13.2 Å². The van der Waals surface area contributed by atoms with E-state index in [-0.39, 0.29) is 10.6 Å². The molecule has 1 aromatic heterocycles. The Labute approximate surface area is 144 Å². The molecule has 1 aromatic carbocycles. The van der Waals surface area contributed by atoms with Crippen LogP contribution in [0.5, 0.6) is 0 Å². The third-order valence-electron chi connectivity index (χ3n) is 3.86. The van der Waals surface area contributed by atoms with E-state index in [0.29, 0.717) is 22.7 Å². The molecule has 0 spiro atoms. The number of nitrogens with one attached hydrogen (secondary N) is 1. The summed E-state index contributed by atoms with van der Waals surface area (Å²) in [6, 6.07) is 6.76. The number of rotatable bonds is 3. The average Bonchev–Trinajstić information content (AvgIpc) is 2.95. The molecule has 3 rings (SSSR count). The first-order valence-electron chi connectivity index (χ1n) is 7.41. The molecule has 0 saturated heterocycles. The molecule has 0 atom stereocenters. The van der Waals surface area contributed by atoms with Gasteiger partial charge in [0.1, 0.15) is 5.70 Å². The van der Waals surface area contributed by atoms with Gasteiger partial charge in [0.05, 0.1) is 4.90 Å². The van der Waals surface area contributed by atoms with Crippen LogP contribution in [0, 0.1) is 6.92 Å². The Balaban J connectivity index is 2.13. The van der Waals surface area contributed by atoms with Crippen molar-refractivity contribution in [1.29, 1.82) is 0 Å². The monoisotopic (exact) mass is 363 g/mol. The number of fused-ring (bicyclic) bond motifs is 1. The predicted octanol–water partition coefficient (Wildman–Crippen LogP) is 2.85. The molecule has 24 heavy (non-hydrogen) atoms. The Bertz CT molecular complexity index is 945. The quantitative estimate of drug-likeness (QED) is 0.909. The molecule has 2 heterocycles. The zero-order chi connectivity index (χ0) is 17.5. The van der Waals surface area contributed by atoms with Crippen molar-refractivity contribution in [2.45, 2.75) is 25.2 Å². The highest BCUT2D eigenvalue weighted by atomic mass is 32.2. The molecule has 0 saturated carbocycles. The Kier molecular flexibility index (Phi) is 4.18. The Morgan fingerprint density at radius 3 is 2.67 bits per heavy atom. The lowest BCUT2D eigenvalue weighted by molar-refractivity contribution is -0.113. The minimum absolute atomic E-state index is 0.143. The molecule has 2 aromatic rings. The standard InChI is InChI=1S/C16H17N3O3S2/c1-4-11-12-7-5-6-8-13(12)24(21,22)19(3)14(11)15(20)18-16-17-9-10(2)23-16/h5-9H,4H2,1-3H3,(H,17,18,20). The molecule has 8 heteroatoms. The Morgan fingerprint density at radius 1 is 1.33 bits per heavy atom. The molecular weight excluding hydrogens is 346 g/mol. The van der Waals surface area contributed by atoms with Gasteiger partial charge in [-0.3, -0.25) is 14.4 Å². The van der Waals surface area contributed by atoms with Crippen LogP contribution < -0.4 is 5.32 Å². The lowest BCUT2D eigenvalue weighted by atomic mass is 10.0. The molecule has 0 fully saturated rings. The Hall–Kier alpha value is -2.19. The number of thiazole rings is 1. The van der Waals surface area contributed by atoms with Gasteiger partial charge in [0.25, 0.3) is 15.9 Å². The molecule has 1 aliphatic heterocycles. The number of carbonyl (C=O) groups excluding carboxylic acids is 1. The van der Waals surface area contributed by atoms with Gasteiger partial charge in [0.15, 0.2) is 5.13 Å². The molecule has 126 valence electrons. The second kappa shape index (κ2) is 6.03. The SMILES string of the molecule is CCC1=C(C(=O)Nc2ncc(C)s2)N(C)S(=O)(=O)c2ccccc21. The summed E-state index contributed by atoms with van der Waals surface area (Å²) in [5.41, 5.74) is 1.43. The van der Waals surface area contributed by atoms with Crippen LogP contribution in [0.4, 0.5) is 5.13 Å². The van der Waals surface area contributed by atoms with Gasteiger partial charge in [-0.2, -0.15) is 0 Å². The van der Waals surface area contributed by atoms with E-state index in [1.807, 2.05) is 13.8 Å². The van der Waals surface area contributed by atoms with Crippen LogP contribution in [0.15, 0.2) is 41.1 Å². The number of nitrogens with zero attached hydrogens (tertiary/aromatic N) is 2. The lowest BCUT2D eigenvalue weighted by Crippen LogP contribution is -2.37. The number of carbonyl (C=O) groups is 1. The summed E-state index contributed by atoms with van der Waals surface area (Å²) in [7, 11) is -2.34. The first-order chi connectivity index (χ1) is 11.4. The molecule has 0 radical (unpaired) electrons. The number of hydrogen-bond donors (Lipinski definition) is 1. The van der Waals surface area contributed by atoms with E-state index in [1.54, 1.807) is 30.5 Å². The van der Waals surface area contributed by atoms with Crippen LogP contribution in [0.2, 0.25) is 0 Å². The van der Waals surface area contributed by atoms with E-state index >= 15 is 0 Å². The molecule has 0 bridgehead atoms. The number of benzene rings is 1. The first-order valence-corrected chi connectivity index (χ1v) is 9.67. The topological polar surface area (TPSA) is 79.4 Å². The van der Waals surface area contributed by atoms with Gasteiger partial charge in [-0.1, -0.05) is 25.1 Å². The van der Waals surface area contributed by atoms with E-state index < -0.39 is 15.9 Å². The lowest BCUT2D eigenvalue weighted by Gasteiger charge is -2.30. The highest BCUT2D eigenvalue weighted by molar-refractivity contribution is 7.89. The molecule has 0 unspecified atom stereocenters. The van der Waals surface area contributed by atoms with Crippen molar-refractivity contribution in [3.05, 3.63) is 46.6 Å². The first kappa shape index (κ1) is 16.7. The van der Waals surface area contributed by atoms with Gasteiger partial charge >= 0.3 is 0 Å². The van der Waals surface area contributed by atoms with Crippen LogP contribution >= 0.6 is 11.3 Å². The van der Waals surface area contributed by atoms with E-state index in [1.165, 1.54) is 18.4 Å². The summed E-state index contributed by atoms with van der Waals surface area (Å²) in [6.07, 6.45) is 2.20. The number of aromatic nitrogens is 1. The van der Waals surface area contributed by atoms with E-state index in [4.69, 9.17) is 0 Å². The fraction of sp³-hybridized carbons (Fsp3) is 0.250. The normalized spacial score (nSPS) is 16.0. The molecule has 0 aliphatic carbocycles. The van der Waals surface area contributed by atoms with E-state index in [9.17, 15) is 13.2 Å². The smallest absolute Gasteiger partial charge is 0.275 e. The average molecular weight is 363 g/mol. The van der Waals surface area contributed by atoms with Gasteiger partial charge in [-0.15, -0.1) is 11.3 Å². The minimum Gasteiger partial charge on any atom is -0.297 e. The predicted molar refractivity (Wildman–Crippen MR) is 94.1 cm³/mol. The van der Waals surface area contributed by atoms with Crippen molar-refractivity contribution in [2.75, 3.05) is 12.4 Å². The van der Waals surface area contributed by atoms with Crippen molar-refractivity contribution >= 4 is 38.0 Å². The fourth-order valence-electron chi connectivity index (χ4n) is 2.73. The van der Waals surface area contributed by atoms with E-state index in [2.05, 4.69) is 10.3 Å². The maximum atomic E-state index is 12.7. The number of aryl methyl sites for hydroxylation is 1. The summed E-state index contributed by atoms with van der Waals surface area (Å²) < 4.78 is 26.5. The highest BCUT2D eigenvalue weighted by Gasteiger charge is 2.36. The van der Waals surface area contributed by atoms with Gasteiger partial charge in [-0.05, 0) is 25.0 Å². The minimum atomic E-state index is -3.75. The largest absolute Gasteiger partial charge is 0.297 e. The summed E-state index contributed by atoms with van der Waals surface area (Å²) in [5.74, 6) is -0.471. The number of allylic oxidation sites excluding steroid dienone is 1. The van der Waals surface area contributed by atoms with Crippen molar-refractivity contribution in [3.63, 3.8) is 0 Å². The van der Waals surface area contributed by atoms with Gasteiger partial charge in [0.2, 0.25) is 0 Å². The molecule has 6 nitrogen and oxygen atoms in total. The molecule has 1 aliphatic rings. The van der Waals surface area contributed by atoms with Crippen LogP contribution in [-0.2, 0) is 14.8 Å². The van der Waals surface area contributed by atoms with Crippen molar-refractivity contribution in [2.24, 2.45) is 0 Å². The molecular formula is C16H17N3O3S2. The summed E-state index contributed by atoms with van der Waals surface area (Å²) >= 11 is 1.34. The number of sulfonamides is 1. The van der Waals surface area contributed by atoms with Gasteiger partial charge < -0.3 is 0 Å². The van der Waals surface area contributed by atoms with Crippen molar-refractivity contribution in [1.82, 2.24) is 9.29 Å². The van der Waals surface area contributed by atoms with Gasteiger partial charge in [-0.25, -0.2) is 13.4 Å². The zero-order valence-corrected chi connectivity index (χ0v) is 15.2. The van der Waals surface area contributed by atoms with E-state index in [0.717, 1.165) is 9.18 Å². The number of amides is 1. The van der Waals surface area contributed by atoms with Crippen LogP contribution in [-0.4, -0.2) is 30.7 Å². The summed E-state index contributed by atoms with van der Waals surface area (Å²) in [4.78, 5) is 18.0. The number of anilines is 1. The maximum absolute atomic E-state index is 12.7. The van der Waals surface area contributed by atoms with Gasteiger partial charge in [0, 0.05) is 23.7 Å². The Morgan fingerprint density at radius 2 is 2.04 bits per heavy atom. The number of hydrogen-bond acceptors (Lipinski definition) is 5. The number of likely N-dealkylation sites (N-methyl/N-ethyl adjacent to an activating group) is 1. The van der Waals surface area contributed by atoms with Crippen LogP contribution in [0.1, 0.15) is 23.8 Å². The third-order valence-corrected chi connectivity index (χ3v) is 6.51. The molecule has 1 N–H and O–H groups in total.